The van der Waals surface area contributed by atoms with Gasteiger partial charge in [-0.25, -0.2) is 4.98 Å². The Kier molecular flexibility index (Phi) is 5.40. The van der Waals surface area contributed by atoms with Gasteiger partial charge in [-0.3, -0.25) is 0 Å². The van der Waals surface area contributed by atoms with Gasteiger partial charge in [0.2, 0.25) is 0 Å². The number of rotatable bonds is 5. The summed E-state index contributed by atoms with van der Waals surface area (Å²) in [4.78, 5) is 3.84. The molecule has 0 aliphatic carbocycles. The molecule has 0 saturated carbocycles. The van der Waals surface area contributed by atoms with Gasteiger partial charge >= 0.3 is 0 Å². The molecule has 0 radical (unpaired) electrons. The molecule has 0 N–H and O–H groups in total. The third-order valence-electron chi connectivity index (χ3n) is 2.79. The number of halogens is 2. The van der Waals surface area contributed by atoms with Gasteiger partial charge in [0.05, 0.1) is 11.6 Å². The minimum atomic E-state index is 0.0998. The maximum atomic E-state index is 9.09. The zero-order valence-corrected chi connectivity index (χ0v) is 12.8. The van der Waals surface area contributed by atoms with Gasteiger partial charge in [0, 0.05) is 19.4 Å². The van der Waals surface area contributed by atoms with Crippen molar-refractivity contribution >= 4 is 23.2 Å². The van der Waals surface area contributed by atoms with Crippen molar-refractivity contribution in [3.8, 4) is 17.6 Å². The molecule has 1 aromatic carbocycles. The number of hydrogen-bond donors (Lipinski definition) is 0. The molecule has 0 bridgehead atoms. The molecular formula is C15H12Cl2N2O2. The van der Waals surface area contributed by atoms with Gasteiger partial charge < -0.3 is 9.47 Å². The summed E-state index contributed by atoms with van der Waals surface area (Å²) >= 11 is 12.1. The molecule has 0 aliphatic rings. The Morgan fingerprint density at radius 3 is 2.71 bits per heavy atom. The fourth-order valence-corrected chi connectivity index (χ4v) is 2.16. The number of aromatic nitrogens is 1. The largest absolute Gasteiger partial charge is 0.454 e. The molecular weight excluding hydrogens is 311 g/mol. The molecule has 4 nitrogen and oxygen atoms in total. The van der Waals surface area contributed by atoms with E-state index in [1.807, 2.05) is 18.2 Å². The summed E-state index contributed by atoms with van der Waals surface area (Å²) in [6.07, 6.45) is 2.24. The van der Waals surface area contributed by atoms with E-state index in [2.05, 4.69) is 4.98 Å². The molecule has 21 heavy (non-hydrogen) atoms. The molecule has 0 atom stereocenters. The maximum Gasteiger partial charge on any atom is 0.150 e. The molecule has 6 heteroatoms. The molecule has 2 rings (SSSR count). The van der Waals surface area contributed by atoms with E-state index >= 15 is 0 Å². The van der Waals surface area contributed by atoms with E-state index in [1.165, 1.54) is 6.20 Å². The van der Waals surface area contributed by atoms with E-state index in [-0.39, 0.29) is 10.7 Å². The van der Waals surface area contributed by atoms with Gasteiger partial charge in [0.1, 0.15) is 23.1 Å². The van der Waals surface area contributed by atoms with E-state index in [0.717, 1.165) is 12.0 Å². The fraction of sp³-hybridized carbons (Fsp3) is 0.200. The van der Waals surface area contributed by atoms with Gasteiger partial charge in [0.15, 0.2) is 5.15 Å². The molecule has 2 aromatic rings. The Labute approximate surface area is 132 Å². The number of benzene rings is 1. The second-order valence-corrected chi connectivity index (χ2v) is 4.96. The standard InChI is InChI=1S/C15H12Cl2N2O2/c1-20-7-5-10-2-3-14(12(16)8-10)21-13-4-6-19-15(17)11(13)9-18/h2-4,6,8H,5,7H2,1H3. The third kappa shape index (κ3) is 3.85. The summed E-state index contributed by atoms with van der Waals surface area (Å²) in [6, 6.07) is 8.99. The van der Waals surface area contributed by atoms with Crippen molar-refractivity contribution in [3.63, 3.8) is 0 Å². The first kappa shape index (κ1) is 15.6. The summed E-state index contributed by atoms with van der Waals surface area (Å²) in [7, 11) is 1.65. The average Bonchev–Trinajstić information content (AvgIpc) is 2.48. The summed E-state index contributed by atoms with van der Waals surface area (Å²) < 4.78 is 10.7. The summed E-state index contributed by atoms with van der Waals surface area (Å²) in [5.41, 5.74) is 1.22. The summed E-state index contributed by atoms with van der Waals surface area (Å²) in [6.45, 7) is 0.620. The highest BCUT2D eigenvalue weighted by Crippen LogP contribution is 2.33. The lowest BCUT2D eigenvalue weighted by Gasteiger charge is -2.10. The SMILES string of the molecule is COCCc1ccc(Oc2ccnc(Cl)c2C#N)c(Cl)c1. The van der Waals surface area contributed by atoms with Crippen LogP contribution in [0.15, 0.2) is 30.5 Å². The van der Waals surface area contributed by atoms with Gasteiger partial charge in [-0.1, -0.05) is 29.3 Å². The fourth-order valence-electron chi connectivity index (χ4n) is 1.73. The van der Waals surface area contributed by atoms with Crippen LogP contribution in [-0.4, -0.2) is 18.7 Å². The van der Waals surface area contributed by atoms with Crippen LogP contribution < -0.4 is 4.74 Å². The molecule has 0 amide bonds. The van der Waals surface area contributed by atoms with Crippen LogP contribution in [0.3, 0.4) is 0 Å². The first-order chi connectivity index (χ1) is 10.2. The number of ether oxygens (including phenoxy) is 2. The van der Waals surface area contributed by atoms with E-state index in [0.29, 0.717) is 23.1 Å². The minimum absolute atomic E-state index is 0.0998. The van der Waals surface area contributed by atoms with Gasteiger partial charge in [-0.05, 0) is 24.1 Å². The molecule has 0 saturated heterocycles. The van der Waals surface area contributed by atoms with Crippen LogP contribution in [0.1, 0.15) is 11.1 Å². The Bertz CT molecular complexity index is 684. The molecule has 108 valence electrons. The quantitative estimate of drug-likeness (QED) is 0.772. The second kappa shape index (κ2) is 7.28. The molecule has 1 aromatic heterocycles. The lowest BCUT2D eigenvalue weighted by molar-refractivity contribution is 0.202. The normalized spacial score (nSPS) is 10.2. The van der Waals surface area contributed by atoms with Crippen LogP contribution in [-0.2, 0) is 11.2 Å². The zero-order chi connectivity index (χ0) is 15.2. The van der Waals surface area contributed by atoms with Crippen LogP contribution in [0, 0.1) is 11.3 Å². The van der Waals surface area contributed by atoms with Crippen molar-refractivity contribution in [2.75, 3.05) is 13.7 Å². The van der Waals surface area contributed by atoms with Crippen molar-refractivity contribution < 1.29 is 9.47 Å². The van der Waals surface area contributed by atoms with Crippen molar-refractivity contribution in [2.45, 2.75) is 6.42 Å². The topological polar surface area (TPSA) is 55.1 Å². The number of nitriles is 1. The predicted octanol–water partition coefficient (Wildman–Crippen LogP) is 4.24. The summed E-state index contributed by atoms with van der Waals surface area (Å²) in [5.74, 6) is 0.778. The van der Waals surface area contributed by atoms with E-state index < -0.39 is 0 Å². The number of methoxy groups -OCH3 is 1. The minimum Gasteiger partial charge on any atom is -0.454 e. The van der Waals surface area contributed by atoms with Gasteiger partial charge in [-0.2, -0.15) is 5.26 Å². The Balaban J connectivity index is 2.25. The third-order valence-corrected chi connectivity index (χ3v) is 3.37. The van der Waals surface area contributed by atoms with Gasteiger partial charge in [0.25, 0.3) is 0 Å². The monoisotopic (exact) mass is 322 g/mol. The lowest BCUT2D eigenvalue weighted by atomic mass is 10.1. The highest BCUT2D eigenvalue weighted by atomic mass is 35.5. The highest BCUT2D eigenvalue weighted by Gasteiger charge is 2.12. The van der Waals surface area contributed by atoms with Crippen molar-refractivity contribution in [2.24, 2.45) is 0 Å². The number of pyridine rings is 1. The van der Waals surface area contributed by atoms with Crippen LogP contribution in [0.25, 0.3) is 0 Å². The number of nitrogens with zero attached hydrogens (tertiary/aromatic N) is 2. The van der Waals surface area contributed by atoms with Gasteiger partial charge in [-0.15, -0.1) is 0 Å². The van der Waals surface area contributed by atoms with E-state index in [1.54, 1.807) is 19.2 Å². The van der Waals surface area contributed by atoms with Crippen LogP contribution in [0.2, 0.25) is 10.2 Å². The van der Waals surface area contributed by atoms with Crippen molar-refractivity contribution in [3.05, 3.63) is 51.8 Å². The zero-order valence-electron chi connectivity index (χ0n) is 11.3. The average molecular weight is 323 g/mol. The molecule has 0 spiro atoms. The first-order valence-corrected chi connectivity index (χ1v) is 6.91. The molecule has 0 aliphatic heterocycles. The van der Waals surface area contributed by atoms with Crippen LogP contribution in [0.5, 0.6) is 11.5 Å². The van der Waals surface area contributed by atoms with E-state index in [4.69, 9.17) is 37.9 Å². The van der Waals surface area contributed by atoms with Crippen LogP contribution >= 0.6 is 23.2 Å². The molecule has 1 heterocycles. The van der Waals surface area contributed by atoms with E-state index in [9.17, 15) is 0 Å². The lowest BCUT2D eigenvalue weighted by Crippen LogP contribution is -1.95. The van der Waals surface area contributed by atoms with Crippen molar-refractivity contribution in [1.29, 1.82) is 5.26 Å². The van der Waals surface area contributed by atoms with Crippen LogP contribution in [0.4, 0.5) is 0 Å². The first-order valence-electron chi connectivity index (χ1n) is 6.15. The van der Waals surface area contributed by atoms with Crippen molar-refractivity contribution in [1.82, 2.24) is 4.98 Å². The second-order valence-electron chi connectivity index (χ2n) is 4.20. The molecule has 0 unspecified atom stereocenters. The Morgan fingerprint density at radius 1 is 1.24 bits per heavy atom. The Hall–Kier alpha value is -1.80. The maximum absolute atomic E-state index is 9.09. The summed E-state index contributed by atoms with van der Waals surface area (Å²) in [5, 5.41) is 9.65. The highest BCUT2D eigenvalue weighted by molar-refractivity contribution is 6.32. The molecule has 0 fully saturated rings. The smallest absolute Gasteiger partial charge is 0.150 e. The number of hydrogen-bond acceptors (Lipinski definition) is 4. The predicted molar refractivity (Wildman–Crippen MR) is 81.1 cm³/mol. The Morgan fingerprint density at radius 2 is 2.05 bits per heavy atom.